The van der Waals surface area contributed by atoms with Gasteiger partial charge in [-0.05, 0) is 25.7 Å². The van der Waals surface area contributed by atoms with Gasteiger partial charge in [-0.2, -0.15) is 0 Å². The molecule has 0 saturated carbocycles. The van der Waals surface area contributed by atoms with Crippen molar-refractivity contribution in [2.75, 3.05) is 26.4 Å². The number of carbonyl (C=O) groups excluding carboxylic acids is 4. The standard InChI is InChI=1S/C42H78O8/c1-3-5-7-9-11-13-15-17-19-23-27-31-39(43)47-35-37-49-41(45)33-29-25-21-22-26-30-34-42(46)50-38-36-48-40(44)32-28-24-20-18-16-14-12-10-8-6-4-2/h3-38H2,1-2H3. The second kappa shape index (κ2) is 39.7. The van der Waals surface area contributed by atoms with E-state index in [1.54, 1.807) is 0 Å². The summed E-state index contributed by atoms with van der Waals surface area (Å²) in [5, 5.41) is 0. The first kappa shape index (κ1) is 47.9. The van der Waals surface area contributed by atoms with Crippen LogP contribution < -0.4 is 0 Å². The second-order valence-corrected chi connectivity index (χ2v) is 14.1. The van der Waals surface area contributed by atoms with Crippen LogP contribution in [0.4, 0.5) is 0 Å². The predicted octanol–water partition coefficient (Wildman–Crippen LogP) is 11.7. The molecule has 0 aliphatic carbocycles. The molecule has 0 heterocycles. The Kier molecular flexibility index (Phi) is 38.0. The summed E-state index contributed by atoms with van der Waals surface area (Å²) in [6.45, 7) is 4.96. The largest absolute Gasteiger partial charge is 0.462 e. The van der Waals surface area contributed by atoms with Crippen molar-refractivity contribution in [3.63, 3.8) is 0 Å². The highest BCUT2D eigenvalue weighted by molar-refractivity contribution is 5.70. The van der Waals surface area contributed by atoms with Crippen molar-refractivity contribution >= 4 is 23.9 Å². The van der Waals surface area contributed by atoms with E-state index in [0.29, 0.717) is 25.7 Å². The minimum absolute atomic E-state index is 0.112. The zero-order valence-electron chi connectivity index (χ0n) is 32.7. The van der Waals surface area contributed by atoms with Crippen LogP contribution in [-0.4, -0.2) is 50.3 Å². The van der Waals surface area contributed by atoms with E-state index in [1.165, 1.54) is 116 Å². The number of carbonyl (C=O) groups is 4. The van der Waals surface area contributed by atoms with Crippen LogP contribution >= 0.6 is 0 Å². The lowest BCUT2D eigenvalue weighted by Gasteiger charge is -2.07. The van der Waals surface area contributed by atoms with E-state index in [-0.39, 0.29) is 50.3 Å². The van der Waals surface area contributed by atoms with Gasteiger partial charge in [-0.25, -0.2) is 0 Å². The van der Waals surface area contributed by atoms with Crippen molar-refractivity contribution in [3.05, 3.63) is 0 Å². The molecule has 0 aromatic heterocycles. The molecule has 0 unspecified atom stereocenters. The summed E-state index contributed by atoms with van der Waals surface area (Å²) in [6, 6.07) is 0. The van der Waals surface area contributed by atoms with Crippen LogP contribution in [0.3, 0.4) is 0 Å². The molecule has 0 rings (SSSR count). The van der Waals surface area contributed by atoms with Crippen molar-refractivity contribution in [2.24, 2.45) is 0 Å². The fourth-order valence-corrected chi connectivity index (χ4v) is 6.02. The van der Waals surface area contributed by atoms with Crippen LogP contribution in [0, 0.1) is 0 Å². The highest BCUT2D eigenvalue weighted by atomic mass is 16.6. The summed E-state index contributed by atoms with van der Waals surface area (Å²) in [5.74, 6) is -0.935. The smallest absolute Gasteiger partial charge is 0.305 e. The summed E-state index contributed by atoms with van der Waals surface area (Å²) < 4.78 is 20.7. The number of hydrogen-bond acceptors (Lipinski definition) is 8. The number of ether oxygens (including phenoxy) is 4. The van der Waals surface area contributed by atoms with Gasteiger partial charge in [0.25, 0.3) is 0 Å². The zero-order chi connectivity index (χ0) is 36.6. The van der Waals surface area contributed by atoms with Gasteiger partial charge in [-0.15, -0.1) is 0 Å². The van der Waals surface area contributed by atoms with Crippen molar-refractivity contribution in [1.29, 1.82) is 0 Å². The molecule has 0 atom stereocenters. The third kappa shape index (κ3) is 38.7. The first-order valence-electron chi connectivity index (χ1n) is 21.1. The Hall–Kier alpha value is -2.12. The minimum atomic E-state index is -0.256. The number of rotatable bonds is 39. The van der Waals surface area contributed by atoms with E-state index >= 15 is 0 Å². The summed E-state index contributed by atoms with van der Waals surface area (Å²) in [5.41, 5.74) is 0. The van der Waals surface area contributed by atoms with E-state index in [2.05, 4.69) is 13.8 Å². The average molecular weight is 711 g/mol. The first-order valence-corrected chi connectivity index (χ1v) is 21.1. The molecule has 0 aliphatic rings. The lowest BCUT2D eigenvalue weighted by atomic mass is 10.1. The van der Waals surface area contributed by atoms with Gasteiger partial charge in [0.15, 0.2) is 0 Å². The van der Waals surface area contributed by atoms with E-state index in [4.69, 9.17) is 18.9 Å². The molecule has 0 amide bonds. The molecule has 8 heteroatoms. The lowest BCUT2D eigenvalue weighted by Crippen LogP contribution is -2.13. The molecular weight excluding hydrogens is 632 g/mol. The van der Waals surface area contributed by atoms with Gasteiger partial charge in [0, 0.05) is 25.7 Å². The second-order valence-electron chi connectivity index (χ2n) is 14.1. The maximum absolute atomic E-state index is 11.9. The highest BCUT2D eigenvalue weighted by Crippen LogP contribution is 2.14. The summed E-state index contributed by atoms with van der Waals surface area (Å²) in [4.78, 5) is 47.6. The maximum atomic E-state index is 11.9. The lowest BCUT2D eigenvalue weighted by molar-refractivity contribution is -0.152. The Morgan fingerprint density at radius 3 is 0.600 bits per heavy atom. The molecule has 0 N–H and O–H groups in total. The van der Waals surface area contributed by atoms with Crippen molar-refractivity contribution < 1.29 is 38.1 Å². The third-order valence-corrected chi connectivity index (χ3v) is 9.20. The molecule has 0 saturated heterocycles. The van der Waals surface area contributed by atoms with Gasteiger partial charge in [-0.3, -0.25) is 19.2 Å². The highest BCUT2D eigenvalue weighted by Gasteiger charge is 2.08. The van der Waals surface area contributed by atoms with Gasteiger partial charge in [0.2, 0.25) is 0 Å². The molecule has 8 nitrogen and oxygen atoms in total. The maximum Gasteiger partial charge on any atom is 0.305 e. The quantitative estimate of drug-likeness (QED) is 0.0352. The molecule has 0 aromatic carbocycles. The monoisotopic (exact) mass is 711 g/mol. The minimum Gasteiger partial charge on any atom is -0.462 e. The Bertz CT molecular complexity index is 720. The van der Waals surface area contributed by atoms with Crippen molar-refractivity contribution in [3.8, 4) is 0 Å². The predicted molar refractivity (Wildman–Crippen MR) is 203 cm³/mol. The van der Waals surface area contributed by atoms with Crippen LogP contribution in [0.2, 0.25) is 0 Å². The van der Waals surface area contributed by atoms with Crippen molar-refractivity contribution in [2.45, 2.75) is 219 Å². The molecule has 50 heavy (non-hydrogen) atoms. The van der Waals surface area contributed by atoms with Crippen LogP contribution in [0.15, 0.2) is 0 Å². The molecule has 0 aliphatic heterocycles. The molecular formula is C42H78O8. The van der Waals surface area contributed by atoms with Gasteiger partial charge < -0.3 is 18.9 Å². The molecule has 0 aromatic rings. The van der Waals surface area contributed by atoms with E-state index < -0.39 is 0 Å². The van der Waals surface area contributed by atoms with Crippen molar-refractivity contribution in [1.82, 2.24) is 0 Å². The average Bonchev–Trinajstić information content (AvgIpc) is 3.11. The summed E-state index contributed by atoms with van der Waals surface area (Å²) in [6.07, 6.45) is 34.3. The Balaban J connectivity index is 3.40. The molecule has 0 bridgehead atoms. The zero-order valence-corrected chi connectivity index (χ0v) is 32.7. The molecule has 0 spiro atoms. The number of esters is 4. The molecule has 0 fully saturated rings. The van der Waals surface area contributed by atoms with Crippen LogP contribution in [0.1, 0.15) is 219 Å². The topological polar surface area (TPSA) is 105 Å². The van der Waals surface area contributed by atoms with E-state index in [1.807, 2.05) is 0 Å². The Labute approximate surface area is 307 Å². The van der Waals surface area contributed by atoms with Crippen LogP contribution in [0.5, 0.6) is 0 Å². The summed E-state index contributed by atoms with van der Waals surface area (Å²) >= 11 is 0. The van der Waals surface area contributed by atoms with Gasteiger partial charge in [0.1, 0.15) is 26.4 Å². The Morgan fingerprint density at radius 1 is 0.260 bits per heavy atom. The van der Waals surface area contributed by atoms with Crippen LogP contribution in [0.25, 0.3) is 0 Å². The third-order valence-electron chi connectivity index (χ3n) is 9.20. The number of unbranched alkanes of at least 4 members (excludes halogenated alkanes) is 25. The van der Waals surface area contributed by atoms with E-state index in [0.717, 1.165) is 64.2 Å². The fourth-order valence-electron chi connectivity index (χ4n) is 6.02. The number of hydrogen-bond donors (Lipinski definition) is 0. The van der Waals surface area contributed by atoms with Gasteiger partial charge >= 0.3 is 23.9 Å². The SMILES string of the molecule is CCCCCCCCCCCCCC(=O)OCCOC(=O)CCCCCCCCC(=O)OCCOC(=O)CCCCCCCCCCCCC. The first-order chi connectivity index (χ1) is 24.5. The van der Waals surface area contributed by atoms with E-state index in [9.17, 15) is 19.2 Å². The fraction of sp³-hybridized carbons (Fsp3) is 0.905. The normalized spacial score (nSPS) is 11.0. The Morgan fingerprint density at radius 2 is 0.420 bits per heavy atom. The van der Waals surface area contributed by atoms with Gasteiger partial charge in [-0.1, -0.05) is 168 Å². The summed E-state index contributed by atoms with van der Waals surface area (Å²) in [7, 11) is 0. The van der Waals surface area contributed by atoms with Crippen LogP contribution in [-0.2, 0) is 38.1 Å². The molecule has 0 radical (unpaired) electrons. The van der Waals surface area contributed by atoms with Gasteiger partial charge in [0.05, 0.1) is 0 Å². The molecule has 294 valence electrons.